The molecule has 1 amide bonds. The number of anilines is 1. The predicted octanol–water partition coefficient (Wildman–Crippen LogP) is 6.05. The van der Waals surface area contributed by atoms with Crippen molar-refractivity contribution in [3.05, 3.63) is 66.4 Å². The Morgan fingerprint density at radius 1 is 1.00 bits per heavy atom. The van der Waals surface area contributed by atoms with Crippen LogP contribution in [0.1, 0.15) is 36.0 Å². The summed E-state index contributed by atoms with van der Waals surface area (Å²) in [5, 5.41) is 4.13. The van der Waals surface area contributed by atoms with Crippen LogP contribution in [0.4, 0.5) is 5.69 Å². The van der Waals surface area contributed by atoms with E-state index in [0.717, 1.165) is 52.3 Å². The Kier molecular flexibility index (Phi) is 4.42. The first-order valence-electron chi connectivity index (χ1n) is 10.4. The van der Waals surface area contributed by atoms with Gasteiger partial charge in [0.05, 0.1) is 17.5 Å². The molecule has 1 saturated carbocycles. The highest BCUT2D eigenvalue weighted by Crippen LogP contribution is 2.45. The second-order valence-electron chi connectivity index (χ2n) is 7.79. The second-order valence-corrected chi connectivity index (χ2v) is 8.88. The lowest BCUT2D eigenvalue weighted by Crippen LogP contribution is -2.39. The normalized spacial score (nSPS) is 16.3. The molecule has 0 unspecified atom stereocenters. The molecular formula is C24H19N3O3S. The molecule has 4 aromatic rings. The number of hydrogen-bond donors (Lipinski definition) is 0. The van der Waals surface area contributed by atoms with E-state index in [-0.39, 0.29) is 11.9 Å². The third kappa shape index (κ3) is 3.16. The zero-order chi connectivity index (χ0) is 20.8. The molecule has 3 heterocycles. The fraction of sp³-hybridized carbons (Fsp3) is 0.208. The topological polar surface area (TPSA) is 72.4 Å². The first-order chi connectivity index (χ1) is 15.3. The molecule has 6 nitrogen and oxygen atoms in total. The first-order valence-corrected chi connectivity index (χ1v) is 11.2. The Balaban J connectivity index is 1.45. The lowest BCUT2D eigenvalue weighted by Gasteiger charge is -2.29. The van der Waals surface area contributed by atoms with Crippen molar-refractivity contribution in [1.82, 2.24) is 10.1 Å². The summed E-state index contributed by atoms with van der Waals surface area (Å²) >= 11 is 1.62. The number of hydrogen-bond acceptors (Lipinski definition) is 6. The van der Waals surface area contributed by atoms with Crippen LogP contribution in [0, 0.1) is 0 Å². The van der Waals surface area contributed by atoms with E-state index in [4.69, 9.17) is 8.94 Å². The number of fused-ring (bicyclic) bond motifs is 2. The van der Waals surface area contributed by atoms with Gasteiger partial charge in [-0.25, -0.2) is 0 Å². The molecule has 6 rings (SSSR count). The minimum Gasteiger partial charge on any atom is -0.459 e. The zero-order valence-electron chi connectivity index (χ0n) is 16.7. The smallest absolute Gasteiger partial charge is 0.293 e. The summed E-state index contributed by atoms with van der Waals surface area (Å²) in [7, 11) is 0. The van der Waals surface area contributed by atoms with Crippen LogP contribution in [-0.4, -0.2) is 22.1 Å². The Morgan fingerprint density at radius 2 is 1.87 bits per heavy atom. The summed E-state index contributed by atoms with van der Waals surface area (Å²) in [6.45, 7) is 0. The number of carbonyl (C=O) groups excluding carboxylic acids is 1. The summed E-state index contributed by atoms with van der Waals surface area (Å²) in [4.78, 5) is 22.0. The number of carbonyl (C=O) groups is 1. The second kappa shape index (κ2) is 7.42. The van der Waals surface area contributed by atoms with Crippen molar-refractivity contribution in [2.24, 2.45) is 0 Å². The molecular weight excluding hydrogens is 410 g/mol. The van der Waals surface area contributed by atoms with Crippen LogP contribution in [0.3, 0.4) is 0 Å². The van der Waals surface area contributed by atoms with Gasteiger partial charge in [0.2, 0.25) is 5.82 Å². The largest absolute Gasteiger partial charge is 0.459 e. The summed E-state index contributed by atoms with van der Waals surface area (Å²) in [6.07, 6.45) is 5.97. The van der Waals surface area contributed by atoms with Gasteiger partial charge < -0.3 is 13.8 Å². The molecule has 1 fully saturated rings. The van der Waals surface area contributed by atoms with E-state index >= 15 is 0 Å². The zero-order valence-corrected chi connectivity index (χ0v) is 17.5. The van der Waals surface area contributed by atoms with Crippen LogP contribution in [0.25, 0.3) is 23.0 Å². The lowest BCUT2D eigenvalue weighted by molar-refractivity contribution is 0.0974. The summed E-state index contributed by atoms with van der Waals surface area (Å²) in [5.41, 5.74) is 2.56. The molecule has 2 aliphatic rings. The molecule has 0 radical (unpaired) electrons. The molecule has 0 bridgehead atoms. The van der Waals surface area contributed by atoms with Crippen LogP contribution >= 0.6 is 11.8 Å². The van der Waals surface area contributed by atoms with E-state index in [1.165, 1.54) is 0 Å². The maximum atomic E-state index is 13.5. The molecule has 154 valence electrons. The van der Waals surface area contributed by atoms with Gasteiger partial charge in [-0.05, 0) is 55.3 Å². The maximum Gasteiger partial charge on any atom is 0.293 e. The van der Waals surface area contributed by atoms with Crippen molar-refractivity contribution in [1.29, 1.82) is 0 Å². The molecule has 0 N–H and O–H groups in total. The lowest BCUT2D eigenvalue weighted by atomic mass is 10.1. The highest BCUT2D eigenvalue weighted by Gasteiger charge is 2.34. The van der Waals surface area contributed by atoms with E-state index in [0.29, 0.717) is 17.5 Å². The van der Waals surface area contributed by atoms with Gasteiger partial charge in [-0.15, -0.1) is 0 Å². The molecule has 0 spiro atoms. The van der Waals surface area contributed by atoms with Crippen molar-refractivity contribution >= 4 is 23.4 Å². The minimum absolute atomic E-state index is 0.0844. The fourth-order valence-electron chi connectivity index (χ4n) is 4.39. The molecule has 2 aromatic carbocycles. The van der Waals surface area contributed by atoms with Crippen molar-refractivity contribution in [3.8, 4) is 23.0 Å². The molecule has 1 aliphatic carbocycles. The van der Waals surface area contributed by atoms with Gasteiger partial charge in [-0.2, -0.15) is 4.98 Å². The minimum atomic E-state index is 0.0844. The van der Waals surface area contributed by atoms with Crippen LogP contribution in [0.15, 0.2) is 79.6 Å². The van der Waals surface area contributed by atoms with Crippen molar-refractivity contribution in [3.63, 3.8) is 0 Å². The third-order valence-electron chi connectivity index (χ3n) is 5.88. The van der Waals surface area contributed by atoms with E-state index < -0.39 is 0 Å². The number of aromatic nitrogens is 2. The monoisotopic (exact) mass is 429 g/mol. The van der Waals surface area contributed by atoms with Crippen molar-refractivity contribution in [2.45, 2.75) is 41.5 Å². The van der Waals surface area contributed by atoms with Crippen molar-refractivity contribution < 1.29 is 13.7 Å². The predicted molar refractivity (Wildman–Crippen MR) is 117 cm³/mol. The Morgan fingerprint density at radius 3 is 2.71 bits per heavy atom. The van der Waals surface area contributed by atoms with E-state index in [2.05, 4.69) is 10.1 Å². The van der Waals surface area contributed by atoms with Crippen molar-refractivity contribution in [2.75, 3.05) is 4.90 Å². The average Bonchev–Trinajstić information content (AvgIpc) is 3.56. The fourth-order valence-corrected chi connectivity index (χ4v) is 5.50. The molecule has 7 heteroatoms. The molecule has 0 atom stereocenters. The Bertz CT molecular complexity index is 1260. The highest BCUT2D eigenvalue weighted by molar-refractivity contribution is 7.99. The van der Waals surface area contributed by atoms with E-state index in [1.807, 2.05) is 47.4 Å². The maximum absolute atomic E-state index is 13.5. The average molecular weight is 430 g/mol. The summed E-state index contributed by atoms with van der Waals surface area (Å²) in [5.74, 6) is 1.46. The summed E-state index contributed by atoms with van der Waals surface area (Å²) in [6, 6.07) is 17.7. The molecule has 31 heavy (non-hydrogen) atoms. The number of nitrogens with zero attached hydrogens (tertiary/aromatic N) is 3. The van der Waals surface area contributed by atoms with Gasteiger partial charge in [-0.3, -0.25) is 4.79 Å². The SMILES string of the molecule is O=C1c2ccccc2Sc2cc(-c3noc(-c4ccco4)n3)ccc2N1C1CCCC1. The Hall–Kier alpha value is -3.32. The van der Waals surface area contributed by atoms with E-state index in [1.54, 1.807) is 30.2 Å². The molecule has 2 aromatic heterocycles. The van der Waals surface area contributed by atoms with Gasteiger partial charge in [0, 0.05) is 21.4 Å². The molecule has 1 aliphatic heterocycles. The first kappa shape index (κ1) is 18.4. The van der Waals surface area contributed by atoms with Crippen LogP contribution < -0.4 is 4.90 Å². The number of furan rings is 1. The quantitative estimate of drug-likeness (QED) is 0.395. The molecule has 0 saturated heterocycles. The van der Waals surface area contributed by atoms with Gasteiger partial charge in [-0.1, -0.05) is 41.9 Å². The number of rotatable bonds is 3. The van der Waals surface area contributed by atoms with Gasteiger partial charge in [0.1, 0.15) is 0 Å². The van der Waals surface area contributed by atoms with Gasteiger partial charge >= 0.3 is 0 Å². The Labute approximate surface area is 183 Å². The van der Waals surface area contributed by atoms with Crippen LogP contribution in [0.5, 0.6) is 0 Å². The highest BCUT2D eigenvalue weighted by atomic mass is 32.2. The van der Waals surface area contributed by atoms with Crippen LogP contribution in [-0.2, 0) is 0 Å². The third-order valence-corrected chi connectivity index (χ3v) is 7.00. The number of amides is 1. The standard InChI is InChI=1S/C24H19N3O3S/c28-24-17-8-3-4-10-20(17)31-21-14-15(11-12-18(21)27(24)16-6-1-2-7-16)22-25-23(30-26-22)19-9-5-13-29-19/h3-5,8-14,16H,1-2,6-7H2. The van der Waals surface area contributed by atoms with Gasteiger partial charge in [0.15, 0.2) is 5.76 Å². The van der Waals surface area contributed by atoms with Crippen LogP contribution in [0.2, 0.25) is 0 Å². The number of benzene rings is 2. The van der Waals surface area contributed by atoms with Gasteiger partial charge in [0.25, 0.3) is 11.8 Å². The van der Waals surface area contributed by atoms with E-state index in [9.17, 15) is 4.79 Å². The summed E-state index contributed by atoms with van der Waals surface area (Å²) < 4.78 is 10.7.